The minimum absolute atomic E-state index is 0. The molecule has 1 spiro atoms. The summed E-state index contributed by atoms with van der Waals surface area (Å²) in [4.78, 5) is 27.8. The maximum absolute atomic E-state index is 12.2. The lowest BCUT2D eigenvalue weighted by atomic mass is 9.90. The van der Waals surface area contributed by atoms with Crippen molar-refractivity contribution in [2.75, 3.05) is 26.2 Å². The first-order valence-electron chi connectivity index (χ1n) is 9.09. The summed E-state index contributed by atoms with van der Waals surface area (Å²) in [7, 11) is 0. The number of piperidine rings is 1. The molecule has 0 aromatic heterocycles. The monoisotopic (exact) mass is 377 g/mol. The standard InChI is InChI=1S/C17H31N3O4.ClH/c1-3-4-5-6-9-20-12-17(24-16(20)23)7-10-19(11-8-17)15(22)14(18)13(2)21;/h13-14,21H,3-12,18H2,1-2H3;1H/t13-,14+;/m1./s1. The molecule has 0 unspecified atom stereocenters. The van der Waals surface area contributed by atoms with Gasteiger partial charge in [0.15, 0.2) is 0 Å². The highest BCUT2D eigenvalue weighted by molar-refractivity contribution is 5.85. The van der Waals surface area contributed by atoms with E-state index in [1.807, 2.05) is 0 Å². The predicted octanol–water partition coefficient (Wildman–Crippen LogP) is 1.51. The number of carbonyl (C=O) groups excluding carboxylic acids is 2. The zero-order valence-electron chi connectivity index (χ0n) is 15.3. The second kappa shape index (κ2) is 9.59. The summed E-state index contributed by atoms with van der Waals surface area (Å²) in [6.07, 6.45) is 4.66. The highest BCUT2D eigenvalue weighted by Crippen LogP contribution is 2.33. The molecular formula is C17H32ClN3O4. The minimum atomic E-state index is -0.889. The van der Waals surface area contributed by atoms with Gasteiger partial charge >= 0.3 is 6.09 Å². The summed E-state index contributed by atoms with van der Waals surface area (Å²) in [6, 6.07) is -0.889. The number of nitrogens with two attached hydrogens (primary N) is 1. The molecule has 0 saturated carbocycles. The lowest BCUT2D eigenvalue weighted by Crippen LogP contribution is -2.55. The normalized spacial score (nSPS) is 21.7. The second-order valence-electron chi connectivity index (χ2n) is 7.12. The fourth-order valence-corrected chi connectivity index (χ4v) is 3.41. The number of rotatable bonds is 7. The van der Waals surface area contributed by atoms with Gasteiger partial charge < -0.3 is 25.4 Å². The average molecular weight is 378 g/mol. The van der Waals surface area contributed by atoms with Crippen LogP contribution in [0.4, 0.5) is 4.79 Å². The molecule has 8 heteroatoms. The van der Waals surface area contributed by atoms with E-state index in [2.05, 4.69) is 6.92 Å². The van der Waals surface area contributed by atoms with E-state index in [9.17, 15) is 14.7 Å². The Morgan fingerprint density at radius 3 is 2.52 bits per heavy atom. The number of carbonyl (C=O) groups is 2. The molecule has 2 aliphatic rings. The molecule has 2 heterocycles. The summed E-state index contributed by atoms with van der Waals surface area (Å²) in [5.41, 5.74) is 5.26. The van der Waals surface area contributed by atoms with Gasteiger partial charge in [0, 0.05) is 32.5 Å². The van der Waals surface area contributed by atoms with Gasteiger partial charge in [0.05, 0.1) is 12.6 Å². The molecule has 2 aliphatic heterocycles. The summed E-state index contributed by atoms with van der Waals surface area (Å²) >= 11 is 0. The van der Waals surface area contributed by atoms with Crippen LogP contribution >= 0.6 is 12.4 Å². The molecule has 25 heavy (non-hydrogen) atoms. The smallest absolute Gasteiger partial charge is 0.410 e. The molecule has 0 aromatic carbocycles. The van der Waals surface area contributed by atoms with E-state index in [0.717, 1.165) is 19.4 Å². The maximum Gasteiger partial charge on any atom is 0.410 e. The van der Waals surface area contributed by atoms with Crippen molar-refractivity contribution >= 4 is 24.4 Å². The maximum atomic E-state index is 12.2. The summed E-state index contributed by atoms with van der Waals surface area (Å²) < 4.78 is 5.66. The van der Waals surface area contributed by atoms with Crippen LogP contribution in [-0.2, 0) is 9.53 Å². The largest absolute Gasteiger partial charge is 0.441 e. The number of halogens is 1. The van der Waals surface area contributed by atoms with Gasteiger partial charge in [0.2, 0.25) is 5.91 Å². The van der Waals surface area contributed by atoms with E-state index < -0.39 is 17.7 Å². The highest BCUT2D eigenvalue weighted by Gasteiger charge is 2.47. The number of aliphatic hydroxyl groups excluding tert-OH is 1. The van der Waals surface area contributed by atoms with Crippen LogP contribution in [0.5, 0.6) is 0 Å². The molecule has 2 rings (SSSR count). The Balaban J connectivity index is 0.00000312. The quantitative estimate of drug-likeness (QED) is 0.655. The number of ether oxygens (including phenoxy) is 1. The molecule has 2 amide bonds. The molecule has 2 atom stereocenters. The van der Waals surface area contributed by atoms with E-state index in [1.165, 1.54) is 19.8 Å². The van der Waals surface area contributed by atoms with Crippen molar-refractivity contribution in [3.8, 4) is 0 Å². The van der Waals surface area contributed by atoms with Gasteiger partial charge in [-0.25, -0.2) is 4.79 Å². The minimum Gasteiger partial charge on any atom is -0.441 e. The van der Waals surface area contributed by atoms with E-state index >= 15 is 0 Å². The van der Waals surface area contributed by atoms with Crippen molar-refractivity contribution in [1.82, 2.24) is 9.80 Å². The molecule has 3 N–H and O–H groups in total. The Labute approximate surface area is 156 Å². The van der Waals surface area contributed by atoms with Gasteiger partial charge in [-0.05, 0) is 13.3 Å². The lowest BCUT2D eigenvalue weighted by molar-refractivity contribution is -0.138. The van der Waals surface area contributed by atoms with Crippen LogP contribution in [0.15, 0.2) is 0 Å². The molecule has 7 nitrogen and oxygen atoms in total. The van der Waals surface area contributed by atoms with E-state index in [0.29, 0.717) is 32.5 Å². The van der Waals surface area contributed by atoms with Crippen LogP contribution in [0.2, 0.25) is 0 Å². The number of hydrogen-bond donors (Lipinski definition) is 2. The van der Waals surface area contributed by atoms with Crippen LogP contribution in [0.25, 0.3) is 0 Å². The SMILES string of the molecule is CCCCCCN1CC2(CCN(C(=O)[C@@H](N)[C@@H](C)O)CC2)OC1=O.Cl. The summed E-state index contributed by atoms with van der Waals surface area (Å²) in [5.74, 6) is -0.236. The van der Waals surface area contributed by atoms with Gasteiger partial charge in [-0.2, -0.15) is 0 Å². The van der Waals surface area contributed by atoms with Crippen molar-refractivity contribution in [2.24, 2.45) is 5.73 Å². The fraction of sp³-hybridized carbons (Fsp3) is 0.882. The third-order valence-electron chi connectivity index (χ3n) is 5.11. The number of amides is 2. The summed E-state index contributed by atoms with van der Waals surface area (Å²) in [5, 5.41) is 9.47. The Morgan fingerprint density at radius 1 is 1.32 bits per heavy atom. The second-order valence-corrected chi connectivity index (χ2v) is 7.12. The predicted molar refractivity (Wildman–Crippen MR) is 97.6 cm³/mol. The first-order chi connectivity index (χ1) is 11.4. The molecule has 146 valence electrons. The Kier molecular flexibility index (Phi) is 8.44. The molecule has 0 aromatic rings. The van der Waals surface area contributed by atoms with E-state index in [-0.39, 0.29) is 24.4 Å². The van der Waals surface area contributed by atoms with Crippen LogP contribution in [0, 0.1) is 0 Å². The average Bonchev–Trinajstić information content (AvgIpc) is 2.86. The van der Waals surface area contributed by atoms with Gasteiger partial charge in [0.25, 0.3) is 0 Å². The lowest BCUT2D eigenvalue weighted by Gasteiger charge is -2.38. The van der Waals surface area contributed by atoms with Crippen molar-refractivity contribution in [2.45, 2.75) is 70.1 Å². The molecular weight excluding hydrogens is 346 g/mol. The van der Waals surface area contributed by atoms with E-state index in [1.54, 1.807) is 9.80 Å². The number of likely N-dealkylation sites (tertiary alicyclic amines) is 1. The van der Waals surface area contributed by atoms with Crippen LogP contribution in [0.3, 0.4) is 0 Å². The third kappa shape index (κ3) is 5.46. The van der Waals surface area contributed by atoms with Crippen molar-refractivity contribution < 1.29 is 19.4 Å². The molecule has 2 fully saturated rings. The molecule has 0 bridgehead atoms. The van der Waals surface area contributed by atoms with Crippen molar-refractivity contribution in [1.29, 1.82) is 0 Å². The van der Waals surface area contributed by atoms with Crippen LogP contribution in [-0.4, -0.2) is 70.8 Å². The molecule has 2 saturated heterocycles. The summed E-state index contributed by atoms with van der Waals surface area (Å²) in [6.45, 7) is 6.06. The number of unbranched alkanes of at least 4 members (excludes halogenated alkanes) is 3. The fourth-order valence-electron chi connectivity index (χ4n) is 3.41. The van der Waals surface area contributed by atoms with Crippen LogP contribution in [0.1, 0.15) is 52.4 Å². The molecule has 0 aliphatic carbocycles. The van der Waals surface area contributed by atoms with Crippen molar-refractivity contribution in [3.05, 3.63) is 0 Å². The number of nitrogens with zero attached hydrogens (tertiary/aromatic N) is 2. The van der Waals surface area contributed by atoms with Gasteiger partial charge in [-0.1, -0.05) is 26.2 Å². The Morgan fingerprint density at radius 2 is 1.96 bits per heavy atom. The van der Waals surface area contributed by atoms with Gasteiger partial charge in [-0.15, -0.1) is 12.4 Å². The molecule has 0 radical (unpaired) electrons. The topological polar surface area (TPSA) is 96.1 Å². The Bertz CT molecular complexity index is 453. The number of hydrogen-bond acceptors (Lipinski definition) is 5. The zero-order valence-corrected chi connectivity index (χ0v) is 16.1. The van der Waals surface area contributed by atoms with Crippen LogP contribution < -0.4 is 5.73 Å². The van der Waals surface area contributed by atoms with Gasteiger partial charge in [0.1, 0.15) is 11.6 Å². The third-order valence-corrected chi connectivity index (χ3v) is 5.11. The van der Waals surface area contributed by atoms with Gasteiger partial charge in [-0.3, -0.25) is 4.79 Å². The highest BCUT2D eigenvalue weighted by atomic mass is 35.5. The first kappa shape index (κ1) is 22.0. The zero-order chi connectivity index (χ0) is 17.7. The number of aliphatic hydroxyl groups is 1. The van der Waals surface area contributed by atoms with E-state index in [4.69, 9.17) is 10.5 Å². The first-order valence-corrected chi connectivity index (χ1v) is 9.09. The van der Waals surface area contributed by atoms with Crippen molar-refractivity contribution in [3.63, 3.8) is 0 Å². The Hall–Kier alpha value is -1.05.